The van der Waals surface area contributed by atoms with Gasteiger partial charge in [0.2, 0.25) is 0 Å². The number of nitrogens with one attached hydrogen (secondary N) is 1. The number of likely N-dealkylation sites (N-methyl/N-ethyl adjacent to an activating group) is 1. The predicted molar refractivity (Wildman–Crippen MR) is 116 cm³/mol. The first kappa shape index (κ1) is 20.7. The van der Waals surface area contributed by atoms with Crippen LogP contribution in [0.5, 0.6) is 0 Å². The fourth-order valence-corrected chi connectivity index (χ4v) is 4.00. The molecule has 1 aromatic heterocycles. The zero-order valence-electron chi connectivity index (χ0n) is 15.8. The maximum absolute atomic E-state index is 12.8. The first-order valence-electron chi connectivity index (χ1n) is 9.37. The lowest BCUT2D eigenvalue weighted by atomic mass is 10.0. The highest BCUT2D eigenvalue weighted by Crippen LogP contribution is 2.36. The van der Waals surface area contributed by atoms with Crippen molar-refractivity contribution < 1.29 is 9.21 Å². The van der Waals surface area contributed by atoms with Gasteiger partial charge in [0.1, 0.15) is 5.58 Å². The molecule has 0 spiro atoms. The summed E-state index contributed by atoms with van der Waals surface area (Å²) in [5.41, 5.74) is 4.06. The van der Waals surface area contributed by atoms with E-state index in [0.717, 1.165) is 52.9 Å². The van der Waals surface area contributed by atoms with Gasteiger partial charge in [-0.1, -0.05) is 41.9 Å². The Bertz CT molecular complexity index is 970. The van der Waals surface area contributed by atoms with Crippen LogP contribution in [0.2, 0.25) is 5.02 Å². The SMILES string of the molecule is CN1CCc2c(Cl)ccc3oc(C(=O)NCCCc4ccccc4)c(c23)C1.Cl. The molecule has 2 aromatic carbocycles. The third kappa shape index (κ3) is 4.19. The van der Waals surface area contributed by atoms with Crippen molar-refractivity contribution in [2.24, 2.45) is 0 Å². The van der Waals surface area contributed by atoms with Crippen molar-refractivity contribution in [1.82, 2.24) is 10.2 Å². The molecule has 0 radical (unpaired) electrons. The molecule has 1 aliphatic rings. The van der Waals surface area contributed by atoms with Crippen molar-refractivity contribution in [2.75, 3.05) is 20.1 Å². The Kier molecular flexibility index (Phi) is 6.65. The van der Waals surface area contributed by atoms with Gasteiger partial charge < -0.3 is 14.6 Å². The van der Waals surface area contributed by atoms with E-state index in [1.54, 1.807) is 0 Å². The highest BCUT2D eigenvalue weighted by Gasteiger charge is 2.26. The van der Waals surface area contributed by atoms with Gasteiger partial charge in [0.25, 0.3) is 5.91 Å². The molecule has 148 valence electrons. The highest BCUT2D eigenvalue weighted by atomic mass is 35.5. The summed E-state index contributed by atoms with van der Waals surface area (Å²) in [6, 6.07) is 14.0. The summed E-state index contributed by atoms with van der Waals surface area (Å²) in [6.45, 7) is 2.21. The quantitative estimate of drug-likeness (QED) is 0.601. The second-order valence-electron chi connectivity index (χ2n) is 7.14. The number of furan rings is 1. The standard InChI is InChI=1S/C22H23ClN2O2.ClH/c1-25-13-11-16-18(23)9-10-19-20(16)17(14-25)21(27-19)22(26)24-12-5-8-15-6-3-2-4-7-15;/h2-4,6-7,9-10H,5,8,11-14H2,1H3,(H,24,26);1H. The van der Waals surface area contributed by atoms with Crippen LogP contribution < -0.4 is 5.32 Å². The summed E-state index contributed by atoms with van der Waals surface area (Å²) in [6.07, 6.45) is 2.69. The molecule has 28 heavy (non-hydrogen) atoms. The summed E-state index contributed by atoms with van der Waals surface area (Å²) in [7, 11) is 2.06. The number of carbonyl (C=O) groups is 1. The lowest BCUT2D eigenvalue weighted by molar-refractivity contribution is 0.0925. The molecule has 0 saturated heterocycles. The number of aryl methyl sites for hydroxylation is 1. The Labute approximate surface area is 176 Å². The number of benzene rings is 2. The molecule has 1 N–H and O–H groups in total. The van der Waals surface area contributed by atoms with Crippen LogP contribution in [-0.4, -0.2) is 30.9 Å². The van der Waals surface area contributed by atoms with E-state index in [4.69, 9.17) is 16.0 Å². The zero-order valence-corrected chi connectivity index (χ0v) is 17.4. The van der Waals surface area contributed by atoms with E-state index in [1.807, 2.05) is 30.3 Å². The average Bonchev–Trinajstić information content (AvgIpc) is 2.93. The summed E-state index contributed by atoms with van der Waals surface area (Å²) in [4.78, 5) is 15.0. The van der Waals surface area contributed by atoms with Crippen molar-refractivity contribution >= 4 is 40.9 Å². The van der Waals surface area contributed by atoms with Crippen LogP contribution in [0, 0.1) is 0 Å². The maximum atomic E-state index is 12.8. The van der Waals surface area contributed by atoms with Gasteiger partial charge in [-0.3, -0.25) is 4.79 Å². The fraction of sp³-hybridized carbons (Fsp3) is 0.318. The summed E-state index contributed by atoms with van der Waals surface area (Å²) >= 11 is 6.42. The molecule has 0 saturated carbocycles. The molecule has 4 rings (SSSR count). The number of hydrogen-bond acceptors (Lipinski definition) is 3. The fourth-order valence-electron chi connectivity index (χ4n) is 3.75. The van der Waals surface area contributed by atoms with Gasteiger partial charge in [-0.2, -0.15) is 0 Å². The van der Waals surface area contributed by atoms with Gasteiger partial charge in [0.15, 0.2) is 5.76 Å². The molecule has 6 heteroatoms. The summed E-state index contributed by atoms with van der Waals surface area (Å²) in [5, 5.41) is 4.77. The van der Waals surface area contributed by atoms with Crippen LogP contribution in [0.25, 0.3) is 11.0 Å². The van der Waals surface area contributed by atoms with Crippen LogP contribution >= 0.6 is 24.0 Å². The normalized spacial score (nSPS) is 13.8. The lowest BCUT2D eigenvalue weighted by Crippen LogP contribution is -2.26. The molecule has 1 aliphatic heterocycles. The maximum Gasteiger partial charge on any atom is 0.287 e. The van der Waals surface area contributed by atoms with Crippen LogP contribution in [0.4, 0.5) is 0 Å². The Balaban J connectivity index is 0.00000225. The van der Waals surface area contributed by atoms with E-state index in [2.05, 4.69) is 29.4 Å². The predicted octanol–water partition coefficient (Wildman–Crippen LogP) is 4.86. The van der Waals surface area contributed by atoms with Crippen molar-refractivity contribution in [2.45, 2.75) is 25.8 Å². The lowest BCUT2D eigenvalue weighted by Gasteiger charge is -2.13. The number of rotatable bonds is 5. The first-order chi connectivity index (χ1) is 13.1. The number of halogens is 2. The van der Waals surface area contributed by atoms with Gasteiger partial charge in [0, 0.05) is 35.6 Å². The van der Waals surface area contributed by atoms with Crippen molar-refractivity contribution in [3.05, 3.63) is 69.9 Å². The van der Waals surface area contributed by atoms with Gasteiger partial charge in [-0.15, -0.1) is 12.4 Å². The molecule has 3 aromatic rings. The van der Waals surface area contributed by atoms with Gasteiger partial charge in [0.05, 0.1) is 0 Å². The van der Waals surface area contributed by atoms with E-state index in [0.29, 0.717) is 18.8 Å². The monoisotopic (exact) mass is 418 g/mol. The van der Waals surface area contributed by atoms with Crippen LogP contribution in [0.3, 0.4) is 0 Å². The molecule has 4 nitrogen and oxygen atoms in total. The molecule has 0 unspecified atom stereocenters. The minimum absolute atomic E-state index is 0. The molecule has 0 bridgehead atoms. The number of carbonyl (C=O) groups excluding carboxylic acids is 1. The Morgan fingerprint density at radius 2 is 1.96 bits per heavy atom. The summed E-state index contributed by atoms with van der Waals surface area (Å²) < 4.78 is 5.95. The van der Waals surface area contributed by atoms with E-state index < -0.39 is 0 Å². The Hall–Kier alpha value is -2.01. The third-order valence-electron chi connectivity index (χ3n) is 5.15. The average molecular weight is 419 g/mol. The van der Waals surface area contributed by atoms with Crippen LogP contribution in [-0.2, 0) is 19.4 Å². The third-order valence-corrected chi connectivity index (χ3v) is 5.51. The molecule has 0 fully saturated rings. The largest absolute Gasteiger partial charge is 0.451 e. The van der Waals surface area contributed by atoms with Crippen molar-refractivity contribution in [3.63, 3.8) is 0 Å². The van der Waals surface area contributed by atoms with Gasteiger partial charge in [-0.05, 0) is 49.6 Å². The minimum Gasteiger partial charge on any atom is -0.451 e. The van der Waals surface area contributed by atoms with Gasteiger partial charge >= 0.3 is 0 Å². The van der Waals surface area contributed by atoms with Crippen LogP contribution in [0.1, 0.15) is 33.7 Å². The number of nitrogens with zero attached hydrogens (tertiary/aromatic N) is 1. The minimum atomic E-state index is -0.147. The van der Waals surface area contributed by atoms with E-state index in [9.17, 15) is 4.79 Å². The Morgan fingerprint density at radius 3 is 2.75 bits per heavy atom. The molecule has 0 aliphatic carbocycles. The highest BCUT2D eigenvalue weighted by molar-refractivity contribution is 6.32. The van der Waals surface area contributed by atoms with Crippen molar-refractivity contribution in [3.8, 4) is 0 Å². The second kappa shape index (κ2) is 8.99. The second-order valence-corrected chi connectivity index (χ2v) is 7.55. The summed E-state index contributed by atoms with van der Waals surface area (Å²) in [5.74, 6) is 0.272. The molecular formula is C22H24Cl2N2O2. The van der Waals surface area contributed by atoms with E-state index in [1.165, 1.54) is 5.56 Å². The number of amides is 1. The zero-order chi connectivity index (χ0) is 18.8. The van der Waals surface area contributed by atoms with E-state index >= 15 is 0 Å². The van der Waals surface area contributed by atoms with E-state index in [-0.39, 0.29) is 18.3 Å². The molecular weight excluding hydrogens is 395 g/mol. The first-order valence-corrected chi connectivity index (χ1v) is 9.74. The molecule has 0 atom stereocenters. The smallest absolute Gasteiger partial charge is 0.287 e. The van der Waals surface area contributed by atoms with Gasteiger partial charge in [-0.25, -0.2) is 0 Å². The molecule has 1 amide bonds. The number of hydrogen-bond donors (Lipinski definition) is 1. The van der Waals surface area contributed by atoms with Crippen LogP contribution in [0.15, 0.2) is 46.9 Å². The molecule has 2 heterocycles. The topological polar surface area (TPSA) is 45.5 Å². The Morgan fingerprint density at radius 1 is 1.18 bits per heavy atom. The van der Waals surface area contributed by atoms with Crippen molar-refractivity contribution in [1.29, 1.82) is 0 Å².